The number of aromatic nitrogens is 2. The number of halogens is 7. The van der Waals surface area contributed by atoms with Crippen LogP contribution in [0.25, 0.3) is 0 Å². The smallest absolute Gasteiger partial charge is 0.354 e. The number of benzene rings is 4. The summed E-state index contributed by atoms with van der Waals surface area (Å²) in [5, 5.41) is 8.13. The minimum Gasteiger partial charge on any atom is -0.354 e. The summed E-state index contributed by atoms with van der Waals surface area (Å²) in [4.78, 5) is 42.8. The molecule has 8 rings (SSSR count). The molecule has 2 aromatic heterocycles. The van der Waals surface area contributed by atoms with Crippen LogP contribution in [0.2, 0.25) is 0 Å². The quantitative estimate of drug-likeness (QED) is 0.0362. The number of anilines is 4. The first-order valence-electron chi connectivity index (χ1n) is 24.8. The molecule has 5 N–H and O–H groups in total. The molecule has 0 spiro atoms. The lowest BCUT2D eigenvalue weighted by molar-refractivity contribution is -0.139. The molecule has 2 saturated heterocycles. The van der Waals surface area contributed by atoms with Crippen LogP contribution in [0.4, 0.5) is 49.4 Å². The van der Waals surface area contributed by atoms with Gasteiger partial charge in [-0.3, -0.25) is 19.4 Å². The number of rotatable bonds is 14. The Labute approximate surface area is 451 Å². The first kappa shape index (κ1) is 58.8. The van der Waals surface area contributed by atoms with Crippen molar-refractivity contribution in [3.8, 4) is 24.7 Å². The van der Waals surface area contributed by atoms with Gasteiger partial charge in [-0.1, -0.05) is 48.2 Å². The summed E-state index contributed by atoms with van der Waals surface area (Å²) >= 11 is 5.53. The number of pyridine rings is 2. The standard InChI is InChI=1S/C29H30F3N5O.C18H13ClF3NO.C11H18N4/c1-3-22-18-23(8-7-21(22)2)28(38)35-25-10-9-24(26(19-25)29(30,31)32)20-33-12-13-36-14-16-37(17-15-36)27-6-4-5-11-34-27;1-3-12-8-13(5-4-11(12)2)17(24)23-15-7-6-14(10-19)16(9-15)18(20,21)22;12-4-6-14-7-9-15(10-8-14)11-3-1-2-5-13-11/h1,4-11,18-19,33H,12-17,20H2,2H3,(H,35,38);1,4-9H,10H2,2H3,(H,23,24);1-3,5H,4,6-10,12H2. The number of hydrogen-bond donors (Lipinski definition) is 4. The van der Waals surface area contributed by atoms with E-state index in [1.165, 1.54) is 30.3 Å². The number of terminal acetylenes is 2. The third-order valence-corrected chi connectivity index (χ3v) is 13.1. The summed E-state index contributed by atoms with van der Waals surface area (Å²) in [7, 11) is 0. The fourth-order valence-corrected chi connectivity index (χ4v) is 8.71. The van der Waals surface area contributed by atoms with E-state index in [9.17, 15) is 35.9 Å². The number of aryl methyl sites for hydroxylation is 2. The van der Waals surface area contributed by atoms with E-state index in [-0.39, 0.29) is 46.1 Å². The van der Waals surface area contributed by atoms with Gasteiger partial charge in [0, 0.05) is 137 Å². The van der Waals surface area contributed by atoms with Gasteiger partial charge in [0.25, 0.3) is 11.8 Å². The van der Waals surface area contributed by atoms with Crippen LogP contribution in [-0.4, -0.2) is 110 Å². The van der Waals surface area contributed by atoms with Crippen LogP contribution in [0, 0.1) is 38.5 Å². The number of alkyl halides is 7. The Kier molecular flexibility index (Phi) is 21.4. The highest BCUT2D eigenvalue weighted by Gasteiger charge is 2.35. The van der Waals surface area contributed by atoms with Crippen molar-refractivity contribution in [2.75, 3.05) is 99.0 Å². The number of carbonyl (C=O) groups is 2. The Morgan fingerprint density at radius 2 is 1.05 bits per heavy atom. The van der Waals surface area contributed by atoms with Gasteiger partial charge < -0.3 is 31.5 Å². The van der Waals surface area contributed by atoms with Crippen molar-refractivity contribution in [3.05, 3.63) is 177 Å². The third-order valence-electron chi connectivity index (χ3n) is 12.9. The van der Waals surface area contributed by atoms with Crippen LogP contribution < -0.4 is 31.5 Å². The Bertz CT molecular complexity index is 2990. The summed E-state index contributed by atoms with van der Waals surface area (Å²) in [5.41, 5.74) is 7.40. The van der Waals surface area contributed by atoms with Gasteiger partial charge in [0.05, 0.1) is 11.1 Å². The Balaban J connectivity index is 0.000000209. The van der Waals surface area contributed by atoms with Gasteiger partial charge in [-0.2, -0.15) is 26.3 Å². The van der Waals surface area contributed by atoms with E-state index in [0.717, 1.165) is 107 Å². The molecule has 0 radical (unpaired) electrons. The summed E-state index contributed by atoms with van der Waals surface area (Å²) in [6, 6.07) is 28.9. The number of amides is 2. The molecule has 19 heteroatoms. The van der Waals surface area contributed by atoms with E-state index in [4.69, 9.17) is 30.2 Å². The van der Waals surface area contributed by atoms with E-state index in [1.54, 1.807) is 43.5 Å². The van der Waals surface area contributed by atoms with Gasteiger partial charge in [-0.05, 0) is 109 Å². The molecule has 2 amide bonds. The lowest BCUT2D eigenvalue weighted by Gasteiger charge is -2.35. The minimum absolute atomic E-state index is 0.0315. The van der Waals surface area contributed by atoms with Gasteiger partial charge in [0.15, 0.2) is 0 Å². The van der Waals surface area contributed by atoms with Crippen LogP contribution in [0.15, 0.2) is 122 Å². The van der Waals surface area contributed by atoms with Gasteiger partial charge in [0.1, 0.15) is 11.6 Å². The Hall–Kier alpha value is -7.45. The van der Waals surface area contributed by atoms with Gasteiger partial charge in [-0.15, -0.1) is 24.4 Å². The second-order valence-electron chi connectivity index (χ2n) is 18.1. The molecule has 0 unspecified atom stereocenters. The molecule has 4 aromatic carbocycles. The number of hydrogen-bond acceptors (Lipinski definition) is 10. The van der Waals surface area contributed by atoms with Crippen LogP contribution in [0.5, 0.6) is 0 Å². The molecule has 77 heavy (non-hydrogen) atoms. The maximum absolute atomic E-state index is 13.8. The van der Waals surface area contributed by atoms with Crippen molar-refractivity contribution in [2.45, 2.75) is 38.6 Å². The van der Waals surface area contributed by atoms with E-state index >= 15 is 0 Å². The van der Waals surface area contributed by atoms with Crippen molar-refractivity contribution in [1.82, 2.24) is 25.1 Å². The van der Waals surface area contributed by atoms with Crippen molar-refractivity contribution in [1.29, 1.82) is 0 Å². The first-order chi connectivity index (χ1) is 36.9. The first-order valence-corrected chi connectivity index (χ1v) is 25.3. The van der Waals surface area contributed by atoms with E-state index in [2.05, 4.69) is 63.4 Å². The maximum Gasteiger partial charge on any atom is 0.416 e. The lowest BCUT2D eigenvalue weighted by atomic mass is 10.0. The Morgan fingerprint density at radius 1 is 0.610 bits per heavy atom. The molecular formula is C58H61ClF6N10O2. The van der Waals surface area contributed by atoms with Crippen molar-refractivity contribution >= 4 is 46.4 Å². The van der Waals surface area contributed by atoms with Gasteiger partial charge in [-0.25, -0.2) is 9.97 Å². The third kappa shape index (κ3) is 17.3. The summed E-state index contributed by atoms with van der Waals surface area (Å²) in [6.07, 6.45) is 5.33. The molecule has 6 aromatic rings. The molecule has 404 valence electrons. The summed E-state index contributed by atoms with van der Waals surface area (Å²) in [6.45, 7) is 14.5. The van der Waals surface area contributed by atoms with Crippen molar-refractivity contribution in [2.24, 2.45) is 5.73 Å². The highest BCUT2D eigenvalue weighted by Crippen LogP contribution is 2.36. The zero-order chi connectivity index (χ0) is 55.5. The normalized spacial score (nSPS) is 14.0. The molecular weight excluding hydrogens is 1020 g/mol. The molecule has 0 bridgehead atoms. The summed E-state index contributed by atoms with van der Waals surface area (Å²) < 4.78 is 80.6. The van der Waals surface area contributed by atoms with Crippen LogP contribution in [0.1, 0.15) is 65.2 Å². The topological polar surface area (TPSA) is 135 Å². The van der Waals surface area contributed by atoms with Crippen LogP contribution in [-0.2, 0) is 24.8 Å². The molecule has 0 saturated carbocycles. The molecule has 4 heterocycles. The minimum atomic E-state index is -4.56. The number of nitrogens with two attached hydrogens (primary N) is 1. The van der Waals surface area contributed by atoms with Crippen molar-refractivity contribution in [3.63, 3.8) is 0 Å². The fourth-order valence-electron chi connectivity index (χ4n) is 8.48. The van der Waals surface area contributed by atoms with Crippen LogP contribution >= 0.6 is 11.6 Å². The molecule has 0 aliphatic carbocycles. The number of carbonyl (C=O) groups excluding carboxylic acids is 2. The van der Waals surface area contributed by atoms with Gasteiger partial charge in [0.2, 0.25) is 0 Å². The second kappa shape index (κ2) is 28.1. The average Bonchev–Trinajstić information content (AvgIpc) is 3.43. The molecule has 2 fully saturated rings. The number of nitrogens with one attached hydrogen (secondary N) is 3. The SMILES string of the molecule is C#Cc1cc(C(=O)Nc2ccc(CCl)c(C(F)(F)F)c2)ccc1C.C#Cc1cc(C(=O)Nc2ccc(CNCCN3CCN(c4ccccn4)CC3)c(C(F)(F)F)c2)ccc1C.NCCN1CCN(c2ccccn2)CC1. The average molecular weight is 1080 g/mol. The van der Waals surface area contributed by atoms with E-state index in [1.807, 2.05) is 43.5 Å². The van der Waals surface area contributed by atoms with Gasteiger partial charge >= 0.3 is 12.4 Å². The predicted octanol–water partition coefficient (Wildman–Crippen LogP) is 9.70. The number of nitrogens with zero attached hydrogens (tertiary/aromatic N) is 6. The zero-order valence-corrected chi connectivity index (χ0v) is 43.6. The molecule has 0 atom stereocenters. The van der Waals surface area contributed by atoms with E-state index in [0.29, 0.717) is 17.7 Å². The van der Waals surface area contributed by atoms with Crippen LogP contribution in [0.3, 0.4) is 0 Å². The Morgan fingerprint density at radius 3 is 1.45 bits per heavy atom. The predicted molar refractivity (Wildman–Crippen MR) is 293 cm³/mol. The fraction of sp³-hybridized carbons (Fsp3) is 0.310. The second-order valence-corrected chi connectivity index (χ2v) is 18.4. The monoisotopic (exact) mass is 1080 g/mol. The molecule has 12 nitrogen and oxygen atoms in total. The molecule has 2 aliphatic heterocycles. The van der Waals surface area contributed by atoms with Crippen molar-refractivity contribution < 1.29 is 35.9 Å². The van der Waals surface area contributed by atoms with E-state index < -0.39 is 35.3 Å². The lowest BCUT2D eigenvalue weighted by Crippen LogP contribution is -2.48. The zero-order valence-electron chi connectivity index (χ0n) is 42.8. The highest BCUT2D eigenvalue weighted by molar-refractivity contribution is 6.17. The molecule has 2 aliphatic rings. The number of piperazine rings is 2. The summed E-state index contributed by atoms with van der Waals surface area (Å²) in [5.74, 6) is 5.66. The highest BCUT2D eigenvalue weighted by atomic mass is 35.5. The maximum atomic E-state index is 13.8. The largest absolute Gasteiger partial charge is 0.416 e.